The van der Waals surface area contributed by atoms with Gasteiger partial charge in [0, 0.05) is 57.8 Å². The van der Waals surface area contributed by atoms with Crippen LogP contribution in [0.1, 0.15) is 63.3 Å². The number of piperazine rings is 1. The molecule has 3 rings (SSSR count). The molecule has 0 N–H and O–H groups in total. The number of hydrogen-bond donors (Lipinski definition) is 0. The van der Waals surface area contributed by atoms with Gasteiger partial charge in [-0.15, -0.1) is 0 Å². The van der Waals surface area contributed by atoms with E-state index >= 15 is 0 Å². The lowest BCUT2D eigenvalue weighted by Gasteiger charge is -2.35. The van der Waals surface area contributed by atoms with Crippen molar-refractivity contribution in [1.82, 2.24) is 19.8 Å². The summed E-state index contributed by atoms with van der Waals surface area (Å²) in [6.07, 6.45) is -0.820. The van der Waals surface area contributed by atoms with Crippen molar-refractivity contribution in [2.24, 2.45) is 0 Å². The highest BCUT2D eigenvalue weighted by molar-refractivity contribution is 5.79. The van der Waals surface area contributed by atoms with Crippen molar-refractivity contribution < 1.29 is 22.8 Å². The van der Waals surface area contributed by atoms with Crippen LogP contribution >= 0.6 is 0 Å². The van der Waals surface area contributed by atoms with E-state index in [1.54, 1.807) is 28.5 Å². The van der Waals surface area contributed by atoms with Crippen LogP contribution < -0.4 is 4.90 Å². The Labute approximate surface area is 180 Å². The number of nitrogens with zero attached hydrogens (tertiary/aromatic N) is 5. The molecular formula is C21H30F3N5O2. The highest BCUT2D eigenvalue weighted by atomic mass is 19.4. The maximum atomic E-state index is 13.2. The number of hydrogen-bond acceptors (Lipinski definition) is 5. The van der Waals surface area contributed by atoms with Gasteiger partial charge in [0.05, 0.1) is 0 Å². The number of anilines is 1. The number of halogens is 3. The lowest BCUT2D eigenvalue weighted by atomic mass is 10.1. The van der Waals surface area contributed by atoms with Gasteiger partial charge in [0.25, 0.3) is 0 Å². The third-order valence-electron chi connectivity index (χ3n) is 5.80. The molecule has 0 atom stereocenters. The summed E-state index contributed by atoms with van der Waals surface area (Å²) >= 11 is 0. The number of alkyl halides is 3. The second-order valence-corrected chi connectivity index (χ2v) is 8.44. The molecule has 31 heavy (non-hydrogen) atoms. The monoisotopic (exact) mass is 441 g/mol. The first-order chi connectivity index (χ1) is 14.6. The van der Waals surface area contributed by atoms with Crippen LogP contribution in [0.15, 0.2) is 6.07 Å². The topological polar surface area (TPSA) is 69.6 Å². The molecule has 0 bridgehead atoms. The largest absolute Gasteiger partial charge is 0.433 e. The third-order valence-corrected chi connectivity index (χ3v) is 5.80. The molecule has 1 aromatic heterocycles. The van der Waals surface area contributed by atoms with E-state index in [-0.39, 0.29) is 30.1 Å². The molecule has 10 heteroatoms. The van der Waals surface area contributed by atoms with Crippen LogP contribution in [0, 0.1) is 0 Å². The molecule has 0 unspecified atom stereocenters. The zero-order chi connectivity index (χ0) is 22.6. The molecule has 1 aromatic rings. The molecule has 0 spiro atoms. The Morgan fingerprint density at radius 2 is 1.77 bits per heavy atom. The van der Waals surface area contributed by atoms with E-state index in [0.717, 1.165) is 25.3 Å². The van der Waals surface area contributed by atoms with Crippen molar-refractivity contribution in [1.29, 1.82) is 0 Å². The Bertz CT molecular complexity index is 792. The first-order valence-corrected chi connectivity index (χ1v) is 10.9. The predicted molar refractivity (Wildman–Crippen MR) is 110 cm³/mol. The number of amides is 2. The van der Waals surface area contributed by atoms with Gasteiger partial charge in [-0.1, -0.05) is 20.3 Å². The molecule has 2 saturated heterocycles. The predicted octanol–water partition coefficient (Wildman–Crippen LogP) is 3.06. The molecule has 3 heterocycles. The SMILES string of the molecule is CC(C)c1cc(C(F)(F)F)nc(N2CCN(C(=O)CCN3CCCCCC3=O)CC2)n1. The Morgan fingerprint density at radius 1 is 1.06 bits per heavy atom. The van der Waals surface area contributed by atoms with Crippen LogP contribution in [0.5, 0.6) is 0 Å². The lowest BCUT2D eigenvalue weighted by Crippen LogP contribution is -2.50. The first-order valence-electron chi connectivity index (χ1n) is 10.9. The van der Waals surface area contributed by atoms with Gasteiger partial charge in [0.2, 0.25) is 17.8 Å². The number of carbonyl (C=O) groups is 2. The van der Waals surface area contributed by atoms with E-state index in [0.29, 0.717) is 51.4 Å². The Balaban J connectivity index is 1.58. The molecule has 7 nitrogen and oxygen atoms in total. The number of rotatable bonds is 5. The van der Waals surface area contributed by atoms with Gasteiger partial charge in [-0.2, -0.15) is 13.2 Å². The van der Waals surface area contributed by atoms with Gasteiger partial charge >= 0.3 is 6.18 Å². The molecule has 0 radical (unpaired) electrons. The lowest BCUT2D eigenvalue weighted by molar-refractivity contribution is -0.141. The van der Waals surface area contributed by atoms with Crippen molar-refractivity contribution in [2.75, 3.05) is 44.2 Å². The zero-order valence-electron chi connectivity index (χ0n) is 18.1. The number of aromatic nitrogens is 2. The van der Waals surface area contributed by atoms with Crippen molar-refractivity contribution in [3.63, 3.8) is 0 Å². The molecule has 0 aliphatic carbocycles. The van der Waals surface area contributed by atoms with Crippen LogP contribution in [0.3, 0.4) is 0 Å². The molecule has 2 amide bonds. The molecule has 0 saturated carbocycles. The van der Waals surface area contributed by atoms with Gasteiger partial charge in [-0.05, 0) is 24.8 Å². The maximum absolute atomic E-state index is 13.2. The van der Waals surface area contributed by atoms with Crippen molar-refractivity contribution in [3.8, 4) is 0 Å². The summed E-state index contributed by atoms with van der Waals surface area (Å²) in [6, 6.07) is 0.998. The molecule has 0 aromatic carbocycles. The van der Waals surface area contributed by atoms with Crippen molar-refractivity contribution in [3.05, 3.63) is 17.5 Å². The summed E-state index contributed by atoms with van der Waals surface area (Å²) in [7, 11) is 0. The summed E-state index contributed by atoms with van der Waals surface area (Å²) in [5.41, 5.74) is -0.597. The van der Waals surface area contributed by atoms with Crippen LogP contribution in [-0.2, 0) is 15.8 Å². The average Bonchev–Trinajstić information content (AvgIpc) is 2.95. The highest BCUT2D eigenvalue weighted by Gasteiger charge is 2.35. The highest BCUT2D eigenvalue weighted by Crippen LogP contribution is 2.31. The van der Waals surface area contributed by atoms with Crippen LogP contribution in [0.4, 0.5) is 19.1 Å². The quantitative estimate of drug-likeness (QED) is 0.703. The van der Waals surface area contributed by atoms with Gasteiger partial charge in [-0.3, -0.25) is 9.59 Å². The van der Waals surface area contributed by atoms with Gasteiger partial charge in [0.1, 0.15) is 5.69 Å². The molecular weight excluding hydrogens is 411 g/mol. The van der Waals surface area contributed by atoms with Gasteiger partial charge in [0.15, 0.2) is 0 Å². The minimum absolute atomic E-state index is 0.0375. The fourth-order valence-corrected chi connectivity index (χ4v) is 3.85. The second-order valence-electron chi connectivity index (χ2n) is 8.44. The summed E-state index contributed by atoms with van der Waals surface area (Å²) in [6.45, 7) is 6.22. The molecule has 172 valence electrons. The smallest absolute Gasteiger partial charge is 0.342 e. The number of carbonyl (C=O) groups excluding carboxylic acids is 2. The summed E-state index contributed by atoms with van der Waals surface area (Å²) < 4.78 is 39.7. The summed E-state index contributed by atoms with van der Waals surface area (Å²) in [5, 5.41) is 0. The molecule has 2 aliphatic rings. The van der Waals surface area contributed by atoms with Crippen molar-refractivity contribution in [2.45, 2.75) is 58.0 Å². The van der Waals surface area contributed by atoms with Gasteiger partial charge < -0.3 is 14.7 Å². The third kappa shape index (κ3) is 6.07. The zero-order valence-corrected chi connectivity index (χ0v) is 18.1. The normalized spacial score (nSPS) is 18.5. The fraction of sp³-hybridized carbons (Fsp3) is 0.714. The van der Waals surface area contributed by atoms with E-state index in [1.807, 2.05) is 0 Å². The molecule has 2 fully saturated rings. The van der Waals surface area contributed by atoms with Crippen LogP contribution in [0.2, 0.25) is 0 Å². The maximum Gasteiger partial charge on any atom is 0.433 e. The average molecular weight is 441 g/mol. The number of likely N-dealkylation sites (tertiary alicyclic amines) is 1. The first kappa shape index (κ1) is 23.3. The Kier molecular flexibility index (Phi) is 7.38. The Hall–Kier alpha value is -2.39. The van der Waals surface area contributed by atoms with E-state index in [4.69, 9.17) is 0 Å². The minimum Gasteiger partial charge on any atom is -0.342 e. The van der Waals surface area contributed by atoms with Crippen molar-refractivity contribution >= 4 is 17.8 Å². The summed E-state index contributed by atoms with van der Waals surface area (Å²) in [4.78, 5) is 37.9. The van der Waals surface area contributed by atoms with E-state index in [1.165, 1.54) is 0 Å². The van der Waals surface area contributed by atoms with Gasteiger partial charge in [-0.25, -0.2) is 9.97 Å². The summed E-state index contributed by atoms with van der Waals surface area (Å²) in [5.74, 6) is -0.0319. The molecule has 2 aliphatic heterocycles. The Morgan fingerprint density at radius 3 is 2.42 bits per heavy atom. The van der Waals surface area contributed by atoms with Crippen LogP contribution in [-0.4, -0.2) is 70.9 Å². The standard InChI is InChI=1S/C21H30F3N5O2/c1-15(2)16-14-17(21(22,23)24)26-20(25-16)29-12-10-28(11-13-29)19(31)7-9-27-8-5-3-4-6-18(27)30/h14-15H,3-13H2,1-2H3. The second kappa shape index (κ2) is 9.82. The van der Waals surface area contributed by atoms with E-state index in [2.05, 4.69) is 9.97 Å². The minimum atomic E-state index is -4.54. The fourth-order valence-electron chi connectivity index (χ4n) is 3.85. The van der Waals surface area contributed by atoms with E-state index in [9.17, 15) is 22.8 Å². The van der Waals surface area contributed by atoms with Crippen LogP contribution in [0.25, 0.3) is 0 Å². The van der Waals surface area contributed by atoms with E-state index < -0.39 is 11.9 Å².